The fourth-order valence-electron chi connectivity index (χ4n) is 6.77. The zero-order valence-corrected chi connectivity index (χ0v) is 30.6. The maximum atomic E-state index is 13.9. The van der Waals surface area contributed by atoms with E-state index in [0.717, 1.165) is 24.0 Å². The van der Waals surface area contributed by atoms with Crippen LogP contribution in [0.2, 0.25) is 0 Å². The topological polar surface area (TPSA) is 185 Å². The number of carbonyl (C=O) groups excluding carboxylic acids is 5. The molecule has 5 N–H and O–H groups in total. The molecule has 3 aromatic rings. The molecule has 1 aliphatic carbocycles. The Morgan fingerprint density at radius 1 is 0.906 bits per heavy atom. The second-order valence-electron chi connectivity index (χ2n) is 14.9. The molecule has 4 aliphatic rings. The van der Waals surface area contributed by atoms with E-state index in [0.29, 0.717) is 49.0 Å². The van der Waals surface area contributed by atoms with Gasteiger partial charge in [0.2, 0.25) is 29.5 Å². The Balaban J connectivity index is 1.32. The lowest BCUT2D eigenvalue weighted by Crippen LogP contribution is -2.56. The molecule has 4 heterocycles. The fourth-order valence-corrected chi connectivity index (χ4v) is 6.77. The predicted octanol–water partition coefficient (Wildman–Crippen LogP) is 2.06. The van der Waals surface area contributed by atoms with Crippen LogP contribution >= 0.6 is 0 Å². The van der Waals surface area contributed by atoms with Gasteiger partial charge in [0.05, 0.1) is 12.1 Å². The largest absolute Gasteiger partial charge is 0.491 e. The monoisotopic (exact) mass is 726 g/mol. The van der Waals surface area contributed by atoms with Gasteiger partial charge in [0.15, 0.2) is 11.6 Å². The fraction of sp³-hybridized carbons (Fsp3) is 0.513. The first-order valence-corrected chi connectivity index (χ1v) is 18.7. The molecule has 1 saturated carbocycles. The third kappa shape index (κ3) is 10.6. The van der Waals surface area contributed by atoms with Crippen LogP contribution in [0.1, 0.15) is 81.7 Å². The number of nitrogens with one attached hydrogen (secondary N) is 5. The van der Waals surface area contributed by atoms with Gasteiger partial charge in [-0.1, -0.05) is 56.3 Å². The quantitative estimate of drug-likeness (QED) is 0.234. The Morgan fingerprint density at radius 2 is 1.66 bits per heavy atom. The normalized spacial score (nSPS) is 24.3. The van der Waals surface area contributed by atoms with Gasteiger partial charge in [0.25, 0.3) is 0 Å². The third-order valence-electron chi connectivity index (χ3n) is 9.75. The Kier molecular flexibility index (Phi) is 12.1. The number of hydrogen-bond acceptors (Lipinski definition) is 8. The van der Waals surface area contributed by atoms with Gasteiger partial charge in [-0.3, -0.25) is 24.0 Å². The molecule has 3 aliphatic heterocycles. The van der Waals surface area contributed by atoms with Crippen molar-refractivity contribution in [2.45, 2.75) is 109 Å². The van der Waals surface area contributed by atoms with Gasteiger partial charge >= 0.3 is 0 Å². The van der Waals surface area contributed by atoms with Gasteiger partial charge in [-0.2, -0.15) is 5.10 Å². The molecule has 7 rings (SSSR count). The molecule has 0 spiro atoms. The highest BCUT2D eigenvalue weighted by atomic mass is 16.5. The van der Waals surface area contributed by atoms with Gasteiger partial charge in [-0.25, -0.2) is 9.67 Å². The molecule has 1 saturated heterocycles. The van der Waals surface area contributed by atoms with Crippen molar-refractivity contribution < 1.29 is 28.7 Å². The van der Waals surface area contributed by atoms with Crippen LogP contribution in [0.5, 0.6) is 5.75 Å². The van der Waals surface area contributed by atoms with Crippen molar-refractivity contribution in [3.8, 4) is 5.75 Å². The minimum Gasteiger partial charge on any atom is -0.491 e. The smallest absolute Gasteiger partial charge is 0.243 e. The average molecular weight is 727 g/mol. The first kappa shape index (κ1) is 37.5. The van der Waals surface area contributed by atoms with Crippen molar-refractivity contribution in [1.82, 2.24) is 41.3 Å². The van der Waals surface area contributed by atoms with Crippen molar-refractivity contribution >= 4 is 29.5 Å². The van der Waals surface area contributed by atoms with Crippen LogP contribution in [0.15, 0.2) is 54.6 Å². The van der Waals surface area contributed by atoms with Crippen LogP contribution in [0, 0.1) is 11.8 Å². The van der Waals surface area contributed by atoms with Crippen LogP contribution in [0.3, 0.4) is 0 Å². The van der Waals surface area contributed by atoms with E-state index in [4.69, 9.17) is 14.8 Å². The van der Waals surface area contributed by atoms with Crippen molar-refractivity contribution in [2.75, 3.05) is 6.61 Å². The highest BCUT2D eigenvalue weighted by molar-refractivity contribution is 5.95. The van der Waals surface area contributed by atoms with E-state index in [9.17, 15) is 24.0 Å². The van der Waals surface area contributed by atoms with Crippen LogP contribution in [-0.2, 0) is 49.8 Å². The second-order valence-corrected chi connectivity index (χ2v) is 14.9. The van der Waals surface area contributed by atoms with Gasteiger partial charge in [0, 0.05) is 19.3 Å². The number of hydrogen-bond donors (Lipinski definition) is 5. The number of ether oxygens (including phenoxy) is 1. The highest BCUT2D eigenvalue weighted by Gasteiger charge is 2.33. The lowest BCUT2D eigenvalue weighted by Gasteiger charge is -2.25. The Bertz CT molecular complexity index is 1770. The van der Waals surface area contributed by atoms with E-state index < -0.39 is 41.9 Å². The molecule has 1 aromatic heterocycles. The summed E-state index contributed by atoms with van der Waals surface area (Å²) in [5.41, 5.74) is 1.68. The SMILES string of the molecule is CC(C)C[C@H]1COc2ccc(cc2)C[C@H](NC(=O)[C@H]2CCC(=O)N2)C(=O)N[C@H](C)C(=O)N[C@H](Cc2ccccc2)c2nc(CC3CC3)nn2CC(=O)N1. The summed E-state index contributed by atoms with van der Waals surface area (Å²) in [6, 6.07) is 13.1. The number of aromatic nitrogens is 3. The van der Waals surface area contributed by atoms with E-state index in [1.807, 2.05) is 42.5 Å². The summed E-state index contributed by atoms with van der Waals surface area (Å²) in [7, 11) is 0. The number of nitrogens with zero attached hydrogens (tertiary/aromatic N) is 3. The maximum Gasteiger partial charge on any atom is 0.243 e. The van der Waals surface area contributed by atoms with E-state index in [-0.39, 0.29) is 49.8 Å². The molecule has 2 bridgehead atoms. The number of fused-ring (bicyclic) bond motifs is 14. The van der Waals surface area contributed by atoms with Crippen LogP contribution < -0.4 is 31.3 Å². The molecule has 5 atom stereocenters. The van der Waals surface area contributed by atoms with Crippen LogP contribution in [0.4, 0.5) is 0 Å². The predicted molar refractivity (Wildman–Crippen MR) is 195 cm³/mol. The van der Waals surface area contributed by atoms with E-state index in [1.165, 1.54) is 0 Å². The molecule has 5 amide bonds. The first-order valence-electron chi connectivity index (χ1n) is 18.7. The molecule has 14 heteroatoms. The van der Waals surface area contributed by atoms with Crippen molar-refractivity contribution in [3.63, 3.8) is 0 Å². The molecule has 0 unspecified atom stereocenters. The van der Waals surface area contributed by atoms with Gasteiger partial charge in [0.1, 0.15) is 37.0 Å². The van der Waals surface area contributed by atoms with E-state index in [2.05, 4.69) is 40.4 Å². The third-order valence-corrected chi connectivity index (χ3v) is 9.75. The van der Waals surface area contributed by atoms with Gasteiger partial charge in [-0.15, -0.1) is 0 Å². The molecule has 14 nitrogen and oxygen atoms in total. The number of benzene rings is 2. The van der Waals surface area contributed by atoms with Gasteiger partial charge in [-0.05, 0) is 74.1 Å². The molecule has 53 heavy (non-hydrogen) atoms. The zero-order valence-electron chi connectivity index (χ0n) is 30.6. The lowest BCUT2D eigenvalue weighted by molar-refractivity contribution is -0.132. The molecular weight excluding hydrogens is 676 g/mol. The Morgan fingerprint density at radius 3 is 2.34 bits per heavy atom. The van der Waals surface area contributed by atoms with E-state index in [1.54, 1.807) is 23.7 Å². The minimum absolute atomic E-state index is 0.105. The van der Waals surface area contributed by atoms with E-state index >= 15 is 0 Å². The number of amides is 5. The second kappa shape index (κ2) is 17.0. The maximum absolute atomic E-state index is 13.9. The van der Waals surface area contributed by atoms with Crippen molar-refractivity contribution in [1.29, 1.82) is 0 Å². The molecule has 0 radical (unpaired) electrons. The summed E-state index contributed by atoms with van der Waals surface area (Å²) < 4.78 is 7.73. The van der Waals surface area contributed by atoms with Crippen molar-refractivity contribution in [3.05, 3.63) is 77.4 Å². The lowest BCUT2D eigenvalue weighted by atomic mass is 10.0. The van der Waals surface area contributed by atoms with Gasteiger partial charge < -0.3 is 31.3 Å². The molecule has 282 valence electrons. The first-order chi connectivity index (χ1) is 25.5. The van der Waals surface area contributed by atoms with Crippen LogP contribution in [0.25, 0.3) is 0 Å². The zero-order chi connectivity index (χ0) is 37.5. The summed E-state index contributed by atoms with van der Waals surface area (Å²) >= 11 is 0. The number of carbonyl (C=O) groups is 5. The Hall–Kier alpha value is -5.27. The van der Waals surface area contributed by atoms with Crippen molar-refractivity contribution in [2.24, 2.45) is 11.8 Å². The molecule has 2 aromatic carbocycles. The minimum atomic E-state index is -1.04. The standard InChI is InChI=1S/C39H50N8O6/c1-23(2)17-28-22-53-29-13-11-26(12-14-29)19-32(44-38(51)30-15-16-34(48)42-30)39(52)40-24(3)37(50)43-31(18-25-7-5-4-6-8-25)36-45-33(20-27-9-10-27)46-47(36)21-35(49)41-28/h4-8,11-14,23-24,27-28,30-32H,9-10,15-22H2,1-3H3,(H,40,52)(H,41,49)(H,42,48)(H,43,50)(H,44,51)/t24-,28+,30-,31-,32+/m1/s1. The molecular formula is C39H50N8O6. The Labute approximate surface area is 309 Å². The summed E-state index contributed by atoms with van der Waals surface area (Å²) in [5, 5.41) is 19.2. The summed E-state index contributed by atoms with van der Waals surface area (Å²) in [6.07, 6.45) is 4.62. The summed E-state index contributed by atoms with van der Waals surface area (Å²) in [4.78, 5) is 71.3. The molecule has 2 fully saturated rings. The number of rotatable bonds is 8. The highest BCUT2D eigenvalue weighted by Crippen LogP contribution is 2.32. The summed E-state index contributed by atoms with van der Waals surface area (Å²) in [6.45, 7) is 5.88. The average Bonchev–Trinajstić information content (AvgIpc) is 3.69. The summed E-state index contributed by atoms with van der Waals surface area (Å²) in [5.74, 6) is 0.467. The van der Waals surface area contributed by atoms with Crippen LogP contribution in [-0.4, -0.2) is 75.1 Å².